The lowest BCUT2D eigenvalue weighted by Gasteiger charge is -2.25. The molecule has 2 atom stereocenters. The number of benzene rings is 1. The van der Waals surface area contributed by atoms with Gasteiger partial charge in [0.15, 0.2) is 0 Å². The Hall–Kier alpha value is -2.06. The SMILES string of the molecule is O=S(=O)(O)c1ccccc1.[C-]#[N+][C@@H]1C[C@H](F)CN1C(=O)CNC(C)(C)CO. The molecule has 0 aliphatic carbocycles. The lowest BCUT2D eigenvalue weighted by molar-refractivity contribution is -0.130. The highest BCUT2D eigenvalue weighted by Gasteiger charge is 2.39. The Morgan fingerprint density at radius 2 is 2.00 bits per heavy atom. The van der Waals surface area contributed by atoms with Gasteiger partial charge in [-0.3, -0.25) is 19.1 Å². The fourth-order valence-corrected chi connectivity index (χ4v) is 2.72. The molecule has 0 spiro atoms. The summed E-state index contributed by atoms with van der Waals surface area (Å²) in [6.07, 6.45) is -1.70. The van der Waals surface area contributed by atoms with Crippen LogP contribution in [0.1, 0.15) is 20.3 Å². The number of nitrogens with zero attached hydrogens (tertiary/aromatic N) is 2. The first-order chi connectivity index (χ1) is 12.5. The summed E-state index contributed by atoms with van der Waals surface area (Å²) in [5, 5.41) is 11.9. The zero-order valence-corrected chi connectivity index (χ0v) is 16.0. The van der Waals surface area contributed by atoms with Gasteiger partial charge in [0.25, 0.3) is 10.1 Å². The van der Waals surface area contributed by atoms with Crippen LogP contribution in [0.25, 0.3) is 4.85 Å². The molecule has 2 rings (SSSR count). The largest absolute Gasteiger partial charge is 0.394 e. The molecule has 1 aromatic carbocycles. The number of amides is 1. The first-order valence-corrected chi connectivity index (χ1v) is 9.62. The smallest absolute Gasteiger partial charge is 0.303 e. The third kappa shape index (κ3) is 7.60. The summed E-state index contributed by atoms with van der Waals surface area (Å²) in [5.41, 5.74) is -0.557. The molecule has 3 N–H and O–H groups in total. The Bertz CT molecular complexity index is 765. The molecule has 27 heavy (non-hydrogen) atoms. The van der Waals surface area contributed by atoms with Gasteiger partial charge in [0, 0.05) is 5.54 Å². The van der Waals surface area contributed by atoms with Gasteiger partial charge in [0.05, 0.1) is 31.0 Å². The van der Waals surface area contributed by atoms with Gasteiger partial charge in [-0.2, -0.15) is 8.42 Å². The third-order valence-electron chi connectivity index (χ3n) is 3.85. The quantitative estimate of drug-likeness (QED) is 0.503. The van der Waals surface area contributed by atoms with Gasteiger partial charge in [0.2, 0.25) is 5.91 Å². The maximum Gasteiger partial charge on any atom is 0.303 e. The Kier molecular flexibility index (Phi) is 8.30. The minimum absolute atomic E-state index is 0.00625. The van der Waals surface area contributed by atoms with Crippen molar-refractivity contribution in [2.24, 2.45) is 0 Å². The number of nitrogens with one attached hydrogen (secondary N) is 1. The first kappa shape index (κ1) is 23.0. The molecular weight excluding hydrogens is 377 g/mol. The van der Waals surface area contributed by atoms with E-state index in [0.29, 0.717) is 0 Å². The van der Waals surface area contributed by atoms with Crippen molar-refractivity contribution < 1.29 is 27.3 Å². The highest BCUT2D eigenvalue weighted by Crippen LogP contribution is 2.21. The van der Waals surface area contributed by atoms with Crippen LogP contribution < -0.4 is 5.32 Å². The third-order valence-corrected chi connectivity index (χ3v) is 4.71. The van der Waals surface area contributed by atoms with Gasteiger partial charge >= 0.3 is 6.17 Å². The van der Waals surface area contributed by atoms with Crippen LogP contribution in [0.5, 0.6) is 0 Å². The number of halogens is 1. The molecule has 0 bridgehead atoms. The van der Waals surface area contributed by atoms with E-state index in [1.165, 1.54) is 17.0 Å². The number of aliphatic hydroxyl groups is 1. The van der Waals surface area contributed by atoms with E-state index in [4.69, 9.17) is 16.2 Å². The molecule has 0 unspecified atom stereocenters. The average molecular weight is 401 g/mol. The van der Waals surface area contributed by atoms with Gasteiger partial charge in [-0.15, -0.1) is 0 Å². The van der Waals surface area contributed by atoms with Crippen molar-refractivity contribution in [1.82, 2.24) is 10.2 Å². The molecule has 1 fully saturated rings. The van der Waals surface area contributed by atoms with Crippen molar-refractivity contribution >= 4 is 16.0 Å². The molecule has 1 heterocycles. The molecule has 8 nitrogen and oxygen atoms in total. The van der Waals surface area contributed by atoms with Crippen LogP contribution in [0, 0.1) is 6.57 Å². The second-order valence-corrected chi connectivity index (χ2v) is 8.09. The molecule has 1 saturated heterocycles. The fourth-order valence-electron chi connectivity index (χ4n) is 2.22. The summed E-state index contributed by atoms with van der Waals surface area (Å²) in [6, 6.07) is 7.42. The summed E-state index contributed by atoms with van der Waals surface area (Å²) in [4.78, 5) is 16.2. The average Bonchev–Trinajstić information content (AvgIpc) is 3.01. The number of hydrogen-bond acceptors (Lipinski definition) is 5. The highest BCUT2D eigenvalue weighted by atomic mass is 32.2. The molecule has 0 saturated carbocycles. The molecule has 1 aromatic rings. The summed E-state index contributed by atoms with van der Waals surface area (Å²) in [7, 11) is -4.00. The van der Waals surface area contributed by atoms with Gasteiger partial charge in [0.1, 0.15) is 6.17 Å². The number of alkyl halides is 1. The number of carbonyl (C=O) groups excluding carboxylic acids is 1. The van der Waals surface area contributed by atoms with Crippen LogP contribution in [0.2, 0.25) is 0 Å². The Labute approximate surface area is 158 Å². The number of hydrogen-bond donors (Lipinski definition) is 3. The standard InChI is InChI=1S/C11H18FN3O2.C6H6O3S/c1-11(2,7-16)14-5-10(17)15-6-8(12)4-9(15)13-3;7-10(8,9)6-4-2-1-3-5-6/h8-9,14,16H,4-7H2,1-2H3;1-5H,(H,7,8,9)/t8-,9-;/m0./s1. The van der Waals surface area contributed by atoms with Crippen molar-refractivity contribution in [2.45, 2.75) is 43.0 Å². The molecule has 1 amide bonds. The van der Waals surface area contributed by atoms with E-state index in [9.17, 15) is 17.6 Å². The van der Waals surface area contributed by atoms with Crippen LogP contribution in [0.3, 0.4) is 0 Å². The van der Waals surface area contributed by atoms with Gasteiger partial charge < -0.3 is 10.4 Å². The molecule has 1 aliphatic heterocycles. The number of likely N-dealkylation sites (tertiary alicyclic amines) is 1. The monoisotopic (exact) mass is 401 g/mol. The highest BCUT2D eigenvalue weighted by molar-refractivity contribution is 7.85. The minimum Gasteiger partial charge on any atom is -0.394 e. The molecule has 10 heteroatoms. The second-order valence-electron chi connectivity index (χ2n) is 6.67. The Balaban J connectivity index is 0.000000309. The maximum atomic E-state index is 13.1. The zero-order chi connectivity index (χ0) is 20.7. The number of rotatable bonds is 5. The molecule has 150 valence electrons. The van der Waals surface area contributed by atoms with E-state index in [2.05, 4.69) is 10.2 Å². The summed E-state index contributed by atoms with van der Waals surface area (Å²) in [5.74, 6) is -0.298. The predicted octanol–water partition coefficient (Wildman–Crippen LogP) is 1.10. The van der Waals surface area contributed by atoms with E-state index >= 15 is 0 Å². The number of carbonyl (C=O) groups is 1. The van der Waals surface area contributed by atoms with E-state index in [1.54, 1.807) is 32.0 Å². The van der Waals surface area contributed by atoms with Crippen molar-refractivity contribution in [3.63, 3.8) is 0 Å². The summed E-state index contributed by atoms with van der Waals surface area (Å²) in [6.45, 7) is 10.3. The summed E-state index contributed by atoms with van der Waals surface area (Å²) >= 11 is 0. The zero-order valence-electron chi connectivity index (χ0n) is 15.2. The summed E-state index contributed by atoms with van der Waals surface area (Å²) < 4.78 is 42.4. The van der Waals surface area contributed by atoms with Crippen LogP contribution >= 0.6 is 0 Å². The van der Waals surface area contributed by atoms with Crippen LogP contribution in [-0.2, 0) is 14.9 Å². The minimum atomic E-state index is -4.00. The lowest BCUT2D eigenvalue weighted by Crippen LogP contribution is -2.49. The molecule has 0 aromatic heterocycles. The van der Waals surface area contributed by atoms with Gasteiger partial charge in [-0.1, -0.05) is 18.2 Å². The topological polar surface area (TPSA) is 111 Å². The molecule has 0 radical (unpaired) electrons. The fraction of sp³-hybridized carbons (Fsp3) is 0.529. The number of aliphatic hydroxyl groups excluding tert-OH is 1. The first-order valence-electron chi connectivity index (χ1n) is 8.18. The predicted molar refractivity (Wildman–Crippen MR) is 97.0 cm³/mol. The Morgan fingerprint density at radius 1 is 1.41 bits per heavy atom. The van der Waals surface area contributed by atoms with Crippen LogP contribution in [0.4, 0.5) is 4.39 Å². The molecular formula is C17H24FN3O5S. The van der Waals surface area contributed by atoms with E-state index in [1.807, 2.05) is 0 Å². The normalized spacial score (nSPS) is 19.8. The van der Waals surface area contributed by atoms with Crippen molar-refractivity contribution in [1.29, 1.82) is 0 Å². The molecule has 1 aliphatic rings. The van der Waals surface area contributed by atoms with Crippen LogP contribution in [0.15, 0.2) is 35.2 Å². The van der Waals surface area contributed by atoms with Crippen molar-refractivity contribution in [3.8, 4) is 0 Å². The second kappa shape index (κ2) is 9.75. The van der Waals surface area contributed by atoms with E-state index in [-0.39, 0.29) is 36.9 Å². The maximum absolute atomic E-state index is 13.1. The van der Waals surface area contributed by atoms with E-state index in [0.717, 1.165) is 0 Å². The van der Waals surface area contributed by atoms with Crippen LogP contribution in [-0.4, -0.2) is 66.5 Å². The van der Waals surface area contributed by atoms with Gasteiger partial charge in [-0.25, -0.2) is 11.0 Å². The Morgan fingerprint density at radius 3 is 2.44 bits per heavy atom. The van der Waals surface area contributed by atoms with Crippen molar-refractivity contribution in [2.75, 3.05) is 19.7 Å². The lowest BCUT2D eigenvalue weighted by atomic mass is 10.1. The van der Waals surface area contributed by atoms with E-state index < -0.39 is 28.0 Å². The van der Waals surface area contributed by atoms with Crippen molar-refractivity contribution in [3.05, 3.63) is 41.7 Å². The van der Waals surface area contributed by atoms with Gasteiger partial charge in [-0.05, 0) is 26.0 Å².